The van der Waals surface area contributed by atoms with Gasteiger partial charge in [0.2, 0.25) is 5.91 Å². The van der Waals surface area contributed by atoms with E-state index in [1.54, 1.807) is 42.5 Å². The highest BCUT2D eigenvalue weighted by molar-refractivity contribution is 6.29. The summed E-state index contributed by atoms with van der Waals surface area (Å²) in [7, 11) is 0. The van der Waals surface area contributed by atoms with Crippen molar-refractivity contribution >= 4 is 23.2 Å². The molecule has 0 saturated carbocycles. The number of ether oxygens (including phenoxy) is 3. The van der Waals surface area contributed by atoms with E-state index < -0.39 is 12.2 Å². The molecule has 3 rings (SSSR count). The fraction of sp³-hybridized carbons (Fsp3) is 0.419. The number of nitrogens with zero attached hydrogens (tertiary/aromatic N) is 2. The molecule has 1 heterocycles. The van der Waals surface area contributed by atoms with E-state index in [1.807, 2.05) is 36.1 Å². The summed E-state index contributed by atoms with van der Waals surface area (Å²) in [6, 6.07) is 20.0. The van der Waals surface area contributed by atoms with Crippen molar-refractivity contribution in [3.05, 3.63) is 83.1 Å². The second-order valence-electron chi connectivity index (χ2n) is 9.77. The van der Waals surface area contributed by atoms with Gasteiger partial charge < -0.3 is 29.7 Å². The summed E-state index contributed by atoms with van der Waals surface area (Å²) >= 11 is 6.04. The molecule has 0 fully saturated rings. The number of hydrogen-bond acceptors (Lipinski definition) is 8. The minimum atomic E-state index is -0.897. The molecular weight excluding hydrogens is 546 g/mol. The third-order valence-corrected chi connectivity index (χ3v) is 6.54. The summed E-state index contributed by atoms with van der Waals surface area (Å²) in [4.78, 5) is 17.5. The molecule has 3 atom stereocenters. The van der Waals surface area contributed by atoms with Crippen molar-refractivity contribution in [2.24, 2.45) is 0 Å². The molecule has 222 valence electrons. The van der Waals surface area contributed by atoms with E-state index in [9.17, 15) is 15.0 Å². The van der Waals surface area contributed by atoms with Crippen LogP contribution in [0.3, 0.4) is 0 Å². The Bertz CT molecular complexity index is 1200. The molecule has 41 heavy (non-hydrogen) atoms. The van der Waals surface area contributed by atoms with Crippen LogP contribution in [0.2, 0.25) is 5.15 Å². The number of hydrogen-bond donors (Lipinski definition) is 3. The summed E-state index contributed by atoms with van der Waals surface area (Å²) in [5, 5.41) is 24.9. The number of benzene rings is 2. The summed E-state index contributed by atoms with van der Waals surface area (Å²) in [6.07, 6.45) is -1.03. The van der Waals surface area contributed by atoms with Crippen LogP contribution in [0.25, 0.3) is 0 Å². The lowest BCUT2D eigenvalue weighted by Crippen LogP contribution is -2.44. The Morgan fingerprint density at radius 3 is 2.32 bits per heavy atom. The minimum absolute atomic E-state index is 0.0276. The number of aliphatic hydroxyl groups is 2. The van der Waals surface area contributed by atoms with Crippen LogP contribution in [-0.4, -0.2) is 77.7 Å². The smallest absolute Gasteiger partial charge is 0.221 e. The lowest BCUT2D eigenvalue weighted by atomic mass is 10.0. The Kier molecular flexibility index (Phi) is 13.3. The predicted molar refractivity (Wildman–Crippen MR) is 160 cm³/mol. The highest BCUT2D eigenvalue weighted by Crippen LogP contribution is 2.20. The number of amides is 1. The first-order chi connectivity index (χ1) is 19.7. The summed E-state index contributed by atoms with van der Waals surface area (Å²) in [6.45, 7) is 7.71. The van der Waals surface area contributed by atoms with Gasteiger partial charge in [0, 0.05) is 38.3 Å². The van der Waals surface area contributed by atoms with E-state index in [4.69, 9.17) is 25.8 Å². The predicted octanol–water partition coefficient (Wildman–Crippen LogP) is 4.52. The molecule has 9 nitrogen and oxygen atoms in total. The van der Waals surface area contributed by atoms with Gasteiger partial charge in [-0.1, -0.05) is 29.8 Å². The summed E-state index contributed by atoms with van der Waals surface area (Å²) < 4.78 is 16.8. The van der Waals surface area contributed by atoms with Crippen LogP contribution in [0.1, 0.15) is 38.1 Å². The first kappa shape index (κ1) is 32.3. The van der Waals surface area contributed by atoms with Gasteiger partial charge in [-0.15, -0.1) is 0 Å². The van der Waals surface area contributed by atoms with Crippen molar-refractivity contribution in [1.82, 2.24) is 9.88 Å². The van der Waals surface area contributed by atoms with Crippen molar-refractivity contribution in [3.8, 4) is 11.5 Å². The number of pyridine rings is 1. The van der Waals surface area contributed by atoms with Gasteiger partial charge in [0.15, 0.2) is 0 Å². The number of rotatable bonds is 17. The van der Waals surface area contributed by atoms with Crippen LogP contribution in [0.4, 0.5) is 5.69 Å². The Balaban J connectivity index is 1.62. The van der Waals surface area contributed by atoms with Gasteiger partial charge in [0.05, 0.1) is 12.3 Å². The third kappa shape index (κ3) is 11.7. The van der Waals surface area contributed by atoms with Gasteiger partial charge in [-0.25, -0.2) is 4.98 Å². The highest BCUT2D eigenvalue weighted by Gasteiger charge is 2.23. The fourth-order valence-corrected chi connectivity index (χ4v) is 4.44. The first-order valence-corrected chi connectivity index (χ1v) is 14.1. The molecule has 10 heteroatoms. The Hall–Kier alpha value is -3.21. The molecule has 0 spiro atoms. The van der Waals surface area contributed by atoms with Crippen LogP contribution < -0.4 is 14.8 Å². The Labute approximate surface area is 247 Å². The maximum absolute atomic E-state index is 11.2. The largest absolute Gasteiger partial charge is 0.491 e. The van der Waals surface area contributed by atoms with Gasteiger partial charge in [-0.3, -0.25) is 9.69 Å². The van der Waals surface area contributed by atoms with E-state index in [2.05, 4.69) is 17.2 Å². The number of aliphatic hydroxyl groups excluding tert-OH is 2. The zero-order valence-electron chi connectivity index (χ0n) is 23.8. The molecule has 1 amide bonds. The molecule has 3 N–H and O–H groups in total. The third-order valence-electron chi connectivity index (χ3n) is 6.33. The highest BCUT2D eigenvalue weighted by atomic mass is 35.5. The van der Waals surface area contributed by atoms with Crippen molar-refractivity contribution in [2.45, 2.75) is 45.4 Å². The molecule has 0 radical (unpaired) electrons. The second kappa shape index (κ2) is 16.9. The number of halogens is 1. The zero-order valence-corrected chi connectivity index (χ0v) is 24.6. The van der Waals surface area contributed by atoms with Crippen molar-refractivity contribution in [3.63, 3.8) is 0 Å². The van der Waals surface area contributed by atoms with E-state index in [1.165, 1.54) is 6.92 Å². The molecular formula is C31H40ClN3O6. The topological polar surface area (TPSA) is 113 Å². The van der Waals surface area contributed by atoms with Gasteiger partial charge in [-0.2, -0.15) is 0 Å². The van der Waals surface area contributed by atoms with E-state index in [0.717, 1.165) is 11.3 Å². The fourth-order valence-electron chi connectivity index (χ4n) is 4.27. The lowest BCUT2D eigenvalue weighted by molar-refractivity contribution is -0.114. The molecule has 0 bridgehead atoms. The number of aromatic nitrogens is 1. The van der Waals surface area contributed by atoms with E-state index in [-0.39, 0.29) is 31.6 Å². The molecule has 0 aliphatic heterocycles. The van der Waals surface area contributed by atoms with Crippen molar-refractivity contribution in [1.29, 1.82) is 0 Å². The zero-order chi connectivity index (χ0) is 29.6. The maximum Gasteiger partial charge on any atom is 0.221 e. The van der Waals surface area contributed by atoms with Crippen LogP contribution in [-0.2, 0) is 16.0 Å². The molecule has 0 saturated heterocycles. The molecule has 3 aromatic rings. The monoisotopic (exact) mass is 585 g/mol. The normalized spacial score (nSPS) is 13.4. The number of nitrogens with one attached hydrogen (secondary N) is 1. The van der Waals surface area contributed by atoms with Gasteiger partial charge in [0.25, 0.3) is 0 Å². The SMILES string of the molecule is CCOCCOc1ccc(C[C@@H](C)N(CC(O)COc2ccc(NC(C)=O)cc2)CC(O)c2cccc(Cl)n2)cc1. The van der Waals surface area contributed by atoms with Gasteiger partial charge in [0.1, 0.15) is 42.1 Å². The van der Waals surface area contributed by atoms with Crippen LogP contribution in [0, 0.1) is 0 Å². The lowest BCUT2D eigenvalue weighted by Gasteiger charge is -2.32. The summed E-state index contributed by atoms with van der Waals surface area (Å²) in [5.74, 6) is 1.20. The van der Waals surface area contributed by atoms with E-state index in [0.29, 0.717) is 48.5 Å². The van der Waals surface area contributed by atoms with E-state index >= 15 is 0 Å². The number of carbonyl (C=O) groups is 1. The molecule has 0 aliphatic rings. The average molecular weight is 586 g/mol. The van der Waals surface area contributed by atoms with Crippen LogP contribution in [0.15, 0.2) is 66.7 Å². The van der Waals surface area contributed by atoms with Crippen LogP contribution in [0.5, 0.6) is 11.5 Å². The van der Waals surface area contributed by atoms with Crippen molar-refractivity contribution in [2.75, 3.05) is 44.8 Å². The molecule has 0 aliphatic carbocycles. The Morgan fingerprint density at radius 2 is 1.66 bits per heavy atom. The van der Waals surface area contributed by atoms with Gasteiger partial charge >= 0.3 is 0 Å². The number of carbonyl (C=O) groups excluding carboxylic acids is 1. The van der Waals surface area contributed by atoms with Crippen LogP contribution >= 0.6 is 11.6 Å². The number of anilines is 1. The van der Waals surface area contributed by atoms with Gasteiger partial charge in [-0.05, 0) is 74.4 Å². The second-order valence-corrected chi connectivity index (χ2v) is 10.2. The quantitative estimate of drug-likeness (QED) is 0.157. The maximum atomic E-state index is 11.2. The standard InChI is InChI=1S/C31H40ClN3O6/c1-4-39-16-17-40-27-12-8-24(9-13-27)18-22(2)35(20-30(38)29-6-5-7-31(32)34-29)19-26(37)21-41-28-14-10-25(11-15-28)33-23(3)36/h5-15,22,26,30,37-38H,4,16-21H2,1-3H3,(H,33,36)/t22-,26?,30?/m1/s1. The first-order valence-electron chi connectivity index (χ1n) is 13.8. The molecule has 2 unspecified atom stereocenters. The minimum Gasteiger partial charge on any atom is -0.491 e. The average Bonchev–Trinajstić information content (AvgIpc) is 2.95. The summed E-state index contributed by atoms with van der Waals surface area (Å²) in [5.41, 5.74) is 2.23. The molecule has 1 aromatic heterocycles. The molecule has 2 aromatic carbocycles. The Morgan fingerprint density at radius 1 is 0.976 bits per heavy atom. The van der Waals surface area contributed by atoms with Crippen molar-refractivity contribution < 1.29 is 29.2 Å².